The van der Waals surface area contributed by atoms with Gasteiger partial charge in [0.05, 0.1) is 18.4 Å². The largest absolute Gasteiger partial charge is 0.382 e. The van der Waals surface area contributed by atoms with Crippen LogP contribution in [0.1, 0.15) is 30.7 Å². The van der Waals surface area contributed by atoms with Crippen LogP contribution >= 0.6 is 0 Å². The number of rotatable bonds is 1. The van der Waals surface area contributed by atoms with Gasteiger partial charge < -0.3 is 10.5 Å². The highest BCUT2D eigenvalue weighted by molar-refractivity contribution is 5.41. The average Bonchev–Trinajstić information content (AvgIpc) is 2.62. The third-order valence-corrected chi connectivity index (χ3v) is 2.61. The van der Waals surface area contributed by atoms with Gasteiger partial charge in [-0.2, -0.15) is 5.10 Å². The first-order chi connectivity index (χ1) is 6.18. The van der Waals surface area contributed by atoms with Crippen molar-refractivity contribution in [2.75, 3.05) is 12.3 Å². The molecular formula is C9H15N3O. The Labute approximate surface area is 77.5 Å². The zero-order chi connectivity index (χ0) is 9.42. The van der Waals surface area contributed by atoms with Crippen molar-refractivity contribution >= 4 is 5.82 Å². The molecule has 0 radical (unpaired) electrons. The maximum Gasteiger partial charge on any atom is 0.148 e. The molecule has 2 unspecified atom stereocenters. The van der Waals surface area contributed by atoms with E-state index < -0.39 is 0 Å². The maximum atomic E-state index is 5.64. The van der Waals surface area contributed by atoms with E-state index in [9.17, 15) is 0 Å². The van der Waals surface area contributed by atoms with Crippen molar-refractivity contribution in [3.8, 4) is 0 Å². The number of nitrogen functional groups attached to an aromatic ring is 1. The molecule has 0 spiro atoms. The fourth-order valence-corrected chi connectivity index (χ4v) is 1.72. The number of ether oxygens (including phenoxy) is 1. The molecular weight excluding hydrogens is 166 g/mol. The zero-order valence-electron chi connectivity index (χ0n) is 8.00. The first-order valence-electron chi connectivity index (χ1n) is 4.60. The van der Waals surface area contributed by atoms with E-state index in [1.54, 1.807) is 0 Å². The number of H-pyrrole nitrogens is 1. The molecule has 2 heterocycles. The summed E-state index contributed by atoms with van der Waals surface area (Å²) in [7, 11) is 0. The predicted molar refractivity (Wildman–Crippen MR) is 50.2 cm³/mol. The van der Waals surface area contributed by atoms with Crippen LogP contribution < -0.4 is 5.73 Å². The zero-order valence-corrected chi connectivity index (χ0v) is 8.00. The van der Waals surface area contributed by atoms with E-state index in [1.165, 1.54) is 0 Å². The Morgan fingerprint density at radius 1 is 1.62 bits per heavy atom. The quantitative estimate of drug-likeness (QED) is 0.688. The molecule has 1 aliphatic rings. The molecule has 3 N–H and O–H groups in total. The van der Waals surface area contributed by atoms with Crippen LogP contribution in [-0.2, 0) is 4.74 Å². The third kappa shape index (κ3) is 1.42. The molecule has 2 rings (SSSR count). The first kappa shape index (κ1) is 8.56. The molecule has 0 aromatic carbocycles. The predicted octanol–water partition coefficient (Wildman–Crippen LogP) is 1.40. The minimum atomic E-state index is 0.166. The Morgan fingerprint density at radius 3 is 2.85 bits per heavy atom. The van der Waals surface area contributed by atoms with Crippen LogP contribution in [0.25, 0.3) is 0 Å². The number of anilines is 1. The number of aromatic nitrogens is 2. The lowest BCUT2D eigenvalue weighted by molar-refractivity contribution is 0.104. The summed E-state index contributed by atoms with van der Waals surface area (Å²) in [6.45, 7) is 5.00. The van der Waals surface area contributed by atoms with E-state index in [2.05, 4.69) is 17.1 Å². The standard InChI is InChI=1S/C9H15N3O/c1-5-3-7(13-4-5)8-6(2)9(10)12-11-8/h5,7H,3-4H2,1-2H3,(H3,10,11,12). The molecule has 1 aromatic heterocycles. The summed E-state index contributed by atoms with van der Waals surface area (Å²) in [6.07, 6.45) is 1.22. The van der Waals surface area contributed by atoms with Gasteiger partial charge in [0.2, 0.25) is 0 Å². The van der Waals surface area contributed by atoms with Crippen molar-refractivity contribution < 1.29 is 4.74 Å². The van der Waals surface area contributed by atoms with E-state index in [0.717, 1.165) is 24.3 Å². The summed E-state index contributed by atoms with van der Waals surface area (Å²) < 4.78 is 5.62. The number of hydrogen-bond acceptors (Lipinski definition) is 3. The number of nitrogens with zero attached hydrogens (tertiary/aromatic N) is 1. The highest BCUT2D eigenvalue weighted by Crippen LogP contribution is 2.33. The Bertz CT molecular complexity index is 308. The number of nitrogens with one attached hydrogen (secondary N) is 1. The highest BCUT2D eigenvalue weighted by atomic mass is 16.5. The van der Waals surface area contributed by atoms with Crippen LogP contribution in [0.4, 0.5) is 5.82 Å². The number of nitrogens with two attached hydrogens (primary N) is 1. The van der Waals surface area contributed by atoms with Crippen LogP contribution in [-0.4, -0.2) is 16.8 Å². The van der Waals surface area contributed by atoms with Gasteiger partial charge in [0.15, 0.2) is 0 Å². The molecule has 1 saturated heterocycles. The van der Waals surface area contributed by atoms with Gasteiger partial charge in [-0.05, 0) is 19.3 Å². The van der Waals surface area contributed by atoms with Crippen molar-refractivity contribution in [3.05, 3.63) is 11.3 Å². The molecule has 1 aliphatic heterocycles. The summed E-state index contributed by atoms with van der Waals surface area (Å²) in [5.74, 6) is 1.21. The van der Waals surface area contributed by atoms with E-state index in [-0.39, 0.29) is 6.10 Å². The summed E-state index contributed by atoms with van der Waals surface area (Å²) in [4.78, 5) is 0. The Morgan fingerprint density at radius 2 is 2.38 bits per heavy atom. The highest BCUT2D eigenvalue weighted by Gasteiger charge is 2.26. The molecule has 1 aromatic rings. The van der Waals surface area contributed by atoms with E-state index in [4.69, 9.17) is 10.5 Å². The molecule has 13 heavy (non-hydrogen) atoms. The van der Waals surface area contributed by atoms with Crippen LogP contribution in [0.5, 0.6) is 0 Å². The van der Waals surface area contributed by atoms with Crippen molar-refractivity contribution in [3.63, 3.8) is 0 Å². The fraction of sp³-hybridized carbons (Fsp3) is 0.667. The molecule has 0 saturated carbocycles. The third-order valence-electron chi connectivity index (χ3n) is 2.61. The summed E-state index contributed by atoms with van der Waals surface area (Å²) in [6, 6.07) is 0. The molecule has 72 valence electrons. The molecule has 0 amide bonds. The summed E-state index contributed by atoms with van der Waals surface area (Å²) in [5.41, 5.74) is 7.72. The Balaban J connectivity index is 2.21. The Hall–Kier alpha value is -1.03. The maximum absolute atomic E-state index is 5.64. The molecule has 4 nitrogen and oxygen atoms in total. The van der Waals surface area contributed by atoms with Crippen LogP contribution in [0.3, 0.4) is 0 Å². The normalized spacial score (nSPS) is 28.2. The van der Waals surface area contributed by atoms with E-state index >= 15 is 0 Å². The smallest absolute Gasteiger partial charge is 0.148 e. The van der Waals surface area contributed by atoms with Crippen LogP contribution in [0.15, 0.2) is 0 Å². The second kappa shape index (κ2) is 3.03. The first-order valence-corrected chi connectivity index (χ1v) is 4.60. The van der Waals surface area contributed by atoms with Crippen molar-refractivity contribution in [1.29, 1.82) is 0 Å². The molecule has 1 fully saturated rings. The molecule has 0 aliphatic carbocycles. The van der Waals surface area contributed by atoms with Crippen molar-refractivity contribution in [2.24, 2.45) is 5.92 Å². The van der Waals surface area contributed by atoms with Gasteiger partial charge in [0.1, 0.15) is 5.82 Å². The lowest BCUT2D eigenvalue weighted by atomic mass is 10.0. The minimum absolute atomic E-state index is 0.166. The number of aromatic amines is 1. The van der Waals surface area contributed by atoms with E-state index in [1.807, 2.05) is 6.92 Å². The lowest BCUT2D eigenvalue weighted by Crippen LogP contribution is -1.98. The second-order valence-electron chi connectivity index (χ2n) is 3.81. The Kier molecular flexibility index (Phi) is 2.00. The van der Waals surface area contributed by atoms with Crippen LogP contribution in [0, 0.1) is 12.8 Å². The van der Waals surface area contributed by atoms with Gasteiger partial charge >= 0.3 is 0 Å². The van der Waals surface area contributed by atoms with Gasteiger partial charge in [-0.3, -0.25) is 5.10 Å². The van der Waals surface area contributed by atoms with Gasteiger partial charge in [0, 0.05) is 5.56 Å². The van der Waals surface area contributed by atoms with E-state index in [0.29, 0.717) is 11.7 Å². The van der Waals surface area contributed by atoms with Gasteiger partial charge in [-0.25, -0.2) is 0 Å². The SMILES string of the molecule is Cc1c(N)n[nH]c1C1CC(C)CO1. The summed E-state index contributed by atoms with van der Waals surface area (Å²) in [5, 5.41) is 6.89. The monoisotopic (exact) mass is 181 g/mol. The lowest BCUT2D eigenvalue weighted by Gasteiger charge is -2.07. The van der Waals surface area contributed by atoms with Crippen molar-refractivity contribution in [2.45, 2.75) is 26.4 Å². The van der Waals surface area contributed by atoms with Crippen LogP contribution in [0.2, 0.25) is 0 Å². The van der Waals surface area contributed by atoms with Crippen molar-refractivity contribution in [1.82, 2.24) is 10.2 Å². The molecule has 4 heteroatoms. The average molecular weight is 181 g/mol. The molecule has 0 bridgehead atoms. The fourth-order valence-electron chi connectivity index (χ4n) is 1.72. The topological polar surface area (TPSA) is 63.9 Å². The number of hydrogen-bond donors (Lipinski definition) is 2. The molecule has 2 atom stereocenters. The summed E-state index contributed by atoms with van der Waals surface area (Å²) >= 11 is 0. The van der Waals surface area contributed by atoms with Gasteiger partial charge in [-0.1, -0.05) is 6.92 Å². The van der Waals surface area contributed by atoms with Gasteiger partial charge in [-0.15, -0.1) is 0 Å². The second-order valence-corrected chi connectivity index (χ2v) is 3.81. The minimum Gasteiger partial charge on any atom is -0.382 e. The van der Waals surface area contributed by atoms with Gasteiger partial charge in [0.25, 0.3) is 0 Å².